The van der Waals surface area contributed by atoms with Crippen molar-refractivity contribution < 1.29 is 9.13 Å². The molecule has 0 bridgehead atoms. The summed E-state index contributed by atoms with van der Waals surface area (Å²) in [5, 5.41) is 7.66. The Bertz CT molecular complexity index is 1100. The maximum atomic E-state index is 13.9. The fourth-order valence-electron chi connectivity index (χ4n) is 2.60. The first-order valence-corrected chi connectivity index (χ1v) is 8.92. The molecule has 6 nitrogen and oxygen atoms in total. The lowest BCUT2D eigenvalue weighted by Crippen LogP contribution is -1.91. The van der Waals surface area contributed by atoms with Gasteiger partial charge in [-0.15, -0.1) is 0 Å². The quantitative estimate of drug-likeness (QED) is 0.442. The highest BCUT2D eigenvalue weighted by atomic mass is 32.2. The van der Waals surface area contributed by atoms with Gasteiger partial charge in [0.05, 0.1) is 28.6 Å². The molecule has 0 aliphatic carbocycles. The molecule has 2 aromatic carbocycles. The lowest BCUT2D eigenvalue weighted by Gasteiger charge is -2.09. The lowest BCUT2D eigenvalue weighted by atomic mass is 10.1. The maximum Gasteiger partial charge on any atom is 0.154 e. The molecule has 4 rings (SSSR count). The highest BCUT2D eigenvalue weighted by Crippen LogP contribution is 2.29. The number of H-pyrrole nitrogens is 1. The van der Waals surface area contributed by atoms with Crippen LogP contribution < -0.4 is 15.2 Å². The van der Waals surface area contributed by atoms with E-state index in [9.17, 15) is 4.39 Å². The number of ether oxygens (including phenoxy) is 1. The third kappa shape index (κ3) is 3.52. The molecular formula is C19H16FN5OS. The van der Waals surface area contributed by atoms with Gasteiger partial charge < -0.3 is 15.2 Å². The fraction of sp³-hybridized carbons (Fsp3) is 0.0526. The molecule has 0 amide bonds. The summed E-state index contributed by atoms with van der Waals surface area (Å²) >= 11 is 1.19. The van der Waals surface area contributed by atoms with E-state index in [1.807, 2.05) is 30.3 Å². The molecule has 0 saturated carbocycles. The first-order valence-electron chi connectivity index (χ1n) is 8.10. The van der Waals surface area contributed by atoms with Crippen LogP contribution >= 0.6 is 11.9 Å². The summed E-state index contributed by atoms with van der Waals surface area (Å²) in [5.74, 6) is 0.739. The number of hydrogen-bond donors (Lipinski definition) is 3. The molecule has 0 atom stereocenters. The van der Waals surface area contributed by atoms with E-state index in [0.717, 1.165) is 27.8 Å². The Morgan fingerprint density at radius 1 is 1.15 bits per heavy atom. The van der Waals surface area contributed by atoms with Crippen molar-refractivity contribution in [2.24, 2.45) is 0 Å². The predicted molar refractivity (Wildman–Crippen MR) is 106 cm³/mol. The van der Waals surface area contributed by atoms with Gasteiger partial charge in [0.15, 0.2) is 5.82 Å². The second-order valence-corrected chi connectivity index (χ2v) is 6.65. The summed E-state index contributed by atoms with van der Waals surface area (Å²) in [6.07, 6.45) is 1.71. The first-order chi connectivity index (χ1) is 13.1. The number of nitrogens with zero attached hydrogens (tertiary/aromatic N) is 2. The van der Waals surface area contributed by atoms with Crippen molar-refractivity contribution in [2.75, 3.05) is 17.6 Å². The molecule has 4 aromatic rings. The number of fused-ring (bicyclic) bond motifs is 1. The smallest absolute Gasteiger partial charge is 0.154 e. The Balaban J connectivity index is 1.50. The van der Waals surface area contributed by atoms with Crippen LogP contribution in [0.15, 0.2) is 59.6 Å². The number of aromatic amines is 1. The zero-order valence-electron chi connectivity index (χ0n) is 14.4. The van der Waals surface area contributed by atoms with Crippen molar-refractivity contribution in [3.63, 3.8) is 0 Å². The summed E-state index contributed by atoms with van der Waals surface area (Å²) in [4.78, 5) is 4.90. The SMILES string of the molecule is COc1ccc(F)c(SNc2ccc(-c3cc4[nH]nc(N)c4cn3)cc2)c1. The Labute approximate surface area is 159 Å². The first kappa shape index (κ1) is 17.2. The van der Waals surface area contributed by atoms with Crippen molar-refractivity contribution in [1.29, 1.82) is 0 Å². The third-order valence-corrected chi connectivity index (χ3v) is 4.95. The standard InChI is InChI=1S/C19H16FN5OS/c1-26-13-6-7-15(20)18(8-13)27-25-12-4-2-11(3-5-12)16-9-17-14(10-22-16)19(21)24-23-17/h2-10,25H,1H3,(H3,21,23,24). The minimum atomic E-state index is -0.304. The van der Waals surface area contributed by atoms with Gasteiger partial charge in [0.2, 0.25) is 0 Å². The number of nitrogens with one attached hydrogen (secondary N) is 2. The second-order valence-electron chi connectivity index (χ2n) is 5.80. The van der Waals surface area contributed by atoms with E-state index in [4.69, 9.17) is 10.5 Å². The van der Waals surface area contributed by atoms with E-state index in [0.29, 0.717) is 16.5 Å². The van der Waals surface area contributed by atoms with Gasteiger partial charge in [0, 0.05) is 17.4 Å². The van der Waals surface area contributed by atoms with E-state index in [1.165, 1.54) is 18.0 Å². The molecule has 2 aromatic heterocycles. The van der Waals surface area contributed by atoms with E-state index >= 15 is 0 Å². The van der Waals surface area contributed by atoms with Crippen molar-refractivity contribution in [3.05, 3.63) is 60.5 Å². The number of nitrogen functional groups attached to an aromatic ring is 1. The van der Waals surface area contributed by atoms with Gasteiger partial charge in [0.1, 0.15) is 11.6 Å². The fourth-order valence-corrected chi connectivity index (χ4v) is 3.31. The monoisotopic (exact) mass is 381 g/mol. The minimum absolute atomic E-state index is 0.304. The topological polar surface area (TPSA) is 88.8 Å². The molecule has 8 heteroatoms. The van der Waals surface area contributed by atoms with Gasteiger partial charge in [-0.1, -0.05) is 12.1 Å². The Morgan fingerprint density at radius 2 is 1.96 bits per heavy atom. The van der Waals surface area contributed by atoms with Crippen molar-refractivity contribution in [1.82, 2.24) is 15.2 Å². The van der Waals surface area contributed by atoms with Gasteiger partial charge in [-0.05, 0) is 48.3 Å². The summed E-state index contributed by atoms with van der Waals surface area (Å²) in [6, 6.07) is 14.2. The number of hydrogen-bond acceptors (Lipinski definition) is 6. The number of halogens is 1. The average molecular weight is 381 g/mol. The van der Waals surface area contributed by atoms with Gasteiger partial charge in [-0.2, -0.15) is 5.10 Å². The maximum absolute atomic E-state index is 13.9. The van der Waals surface area contributed by atoms with Crippen LogP contribution in [-0.2, 0) is 0 Å². The predicted octanol–water partition coefficient (Wildman–Crippen LogP) is 4.47. The van der Waals surface area contributed by atoms with Crippen LogP contribution in [0.4, 0.5) is 15.9 Å². The molecule has 136 valence electrons. The molecule has 0 aliphatic rings. The number of benzene rings is 2. The minimum Gasteiger partial charge on any atom is -0.497 e. The van der Waals surface area contributed by atoms with Crippen LogP contribution in [-0.4, -0.2) is 22.3 Å². The number of nitrogens with two attached hydrogens (primary N) is 1. The molecule has 2 heterocycles. The largest absolute Gasteiger partial charge is 0.497 e. The third-order valence-electron chi connectivity index (χ3n) is 4.07. The van der Waals surface area contributed by atoms with Crippen molar-refractivity contribution >= 4 is 34.4 Å². The molecular weight excluding hydrogens is 365 g/mol. The van der Waals surface area contributed by atoms with Crippen LogP contribution in [0, 0.1) is 5.82 Å². The highest BCUT2D eigenvalue weighted by molar-refractivity contribution is 8.00. The number of aromatic nitrogens is 3. The van der Waals surface area contributed by atoms with Gasteiger partial charge in [-0.25, -0.2) is 4.39 Å². The summed E-state index contributed by atoms with van der Waals surface area (Å²) in [5.41, 5.74) is 9.21. The second kappa shape index (κ2) is 7.16. The molecule has 0 fully saturated rings. The molecule has 0 unspecified atom stereocenters. The molecule has 4 N–H and O–H groups in total. The van der Waals surface area contributed by atoms with Crippen molar-refractivity contribution in [3.8, 4) is 17.0 Å². The van der Waals surface area contributed by atoms with Gasteiger partial charge in [0.25, 0.3) is 0 Å². The summed E-state index contributed by atoms with van der Waals surface area (Å²) in [7, 11) is 1.55. The van der Waals surface area contributed by atoms with Crippen molar-refractivity contribution in [2.45, 2.75) is 4.90 Å². The van der Waals surface area contributed by atoms with E-state index in [1.54, 1.807) is 25.4 Å². The number of anilines is 2. The van der Waals surface area contributed by atoms with Crippen LogP contribution in [0.1, 0.15) is 0 Å². The number of rotatable bonds is 5. The molecule has 0 radical (unpaired) electrons. The number of pyridine rings is 1. The van der Waals surface area contributed by atoms with Crippen LogP contribution in [0.25, 0.3) is 22.2 Å². The van der Waals surface area contributed by atoms with Crippen LogP contribution in [0.2, 0.25) is 0 Å². The molecule has 27 heavy (non-hydrogen) atoms. The average Bonchev–Trinajstić information content (AvgIpc) is 3.08. The summed E-state index contributed by atoms with van der Waals surface area (Å²) in [6.45, 7) is 0. The summed E-state index contributed by atoms with van der Waals surface area (Å²) < 4.78 is 22.1. The zero-order chi connectivity index (χ0) is 18.8. The van der Waals surface area contributed by atoms with Gasteiger partial charge >= 0.3 is 0 Å². The number of methoxy groups -OCH3 is 1. The van der Waals surface area contributed by atoms with E-state index < -0.39 is 0 Å². The Kier molecular flexibility index (Phi) is 4.55. The lowest BCUT2D eigenvalue weighted by molar-refractivity contribution is 0.411. The normalized spacial score (nSPS) is 10.9. The molecule has 0 aliphatic heterocycles. The Hall–Kier alpha value is -3.26. The zero-order valence-corrected chi connectivity index (χ0v) is 15.2. The van der Waals surface area contributed by atoms with Crippen LogP contribution in [0.3, 0.4) is 0 Å². The van der Waals surface area contributed by atoms with E-state index in [2.05, 4.69) is 19.9 Å². The molecule has 0 spiro atoms. The highest BCUT2D eigenvalue weighted by Gasteiger charge is 2.08. The van der Waals surface area contributed by atoms with Crippen LogP contribution in [0.5, 0.6) is 5.75 Å². The van der Waals surface area contributed by atoms with E-state index in [-0.39, 0.29) is 5.82 Å². The Morgan fingerprint density at radius 3 is 2.74 bits per heavy atom. The van der Waals surface area contributed by atoms with Gasteiger partial charge in [-0.3, -0.25) is 10.1 Å². The molecule has 0 saturated heterocycles.